The quantitative estimate of drug-likeness (QED) is 0.0127. The van der Waals surface area contributed by atoms with E-state index >= 15 is 0 Å². The number of aromatic nitrogens is 1. The molecule has 0 unspecified atom stereocenters. The topological polar surface area (TPSA) is 848 Å². The highest BCUT2D eigenvalue weighted by Crippen LogP contribution is 2.23. The number of rotatable bonds is 63. The molecule has 54 heteroatoms. The number of aliphatic hydroxyl groups excluding tert-OH is 2. The Labute approximate surface area is 811 Å². The summed E-state index contributed by atoms with van der Waals surface area (Å²) in [4.78, 5) is 303. The van der Waals surface area contributed by atoms with Gasteiger partial charge in [-0.1, -0.05) is 73.6 Å². The van der Waals surface area contributed by atoms with Crippen LogP contribution < -0.4 is 113 Å². The lowest BCUT2D eigenvalue weighted by atomic mass is 9.99. The van der Waals surface area contributed by atoms with Crippen LogP contribution in [0, 0.1) is 29.1 Å². The van der Waals surface area contributed by atoms with Crippen LogP contribution in [-0.4, -0.2) is 330 Å². The third-order valence-corrected chi connectivity index (χ3v) is 22.4. The Morgan fingerprint density at radius 3 is 1.33 bits per heavy atom. The number of guanidine groups is 1. The maximum atomic E-state index is 14.9. The summed E-state index contributed by atoms with van der Waals surface area (Å²) in [5, 5.41) is 109. The molecule has 776 valence electrons. The number of carbonyl (C=O) groups is 22. The highest BCUT2D eigenvalue weighted by molar-refractivity contribution is 7.80. The van der Waals surface area contributed by atoms with Crippen molar-refractivity contribution in [2.24, 2.45) is 46.6 Å². The van der Waals surface area contributed by atoms with E-state index in [-0.39, 0.29) is 69.8 Å². The fourth-order valence-corrected chi connectivity index (χ4v) is 14.7. The fraction of sp³-hybridized carbons (Fsp3) is 0.635. The van der Waals surface area contributed by atoms with Crippen molar-refractivity contribution in [3.05, 3.63) is 36.0 Å². The minimum Gasteiger partial charge on any atom is -0.481 e. The number of aromatic amines is 1. The Kier molecular flexibility index (Phi) is 51.8. The van der Waals surface area contributed by atoms with Gasteiger partial charge in [0.1, 0.15) is 96.7 Å². The number of para-hydroxylation sites is 1. The number of carbonyl (C=O) groups excluding carboxylic acids is 18. The molecule has 2 aromatic rings. The lowest BCUT2D eigenvalue weighted by Gasteiger charge is -2.30. The smallest absolute Gasteiger partial charge is 0.326 e. The molecule has 139 heavy (non-hydrogen) atoms. The van der Waals surface area contributed by atoms with E-state index in [2.05, 4.69) is 121 Å². The van der Waals surface area contributed by atoms with Gasteiger partial charge in [-0.05, 0) is 120 Å². The summed E-state index contributed by atoms with van der Waals surface area (Å²) >= 11 is 8.30. The maximum Gasteiger partial charge on any atom is 0.326 e. The van der Waals surface area contributed by atoms with Crippen molar-refractivity contribution in [3.63, 3.8) is 0 Å². The monoisotopic (exact) mass is 2000 g/mol. The molecule has 2 heterocycles. The average molecular weight is 2010 g/mol. The highest BCUT2D eigenvalue weighted by atomic mass is 32.1. The van der Waals surface area contributed by atoms with Crippen LogP contribution in [0.4, 0.5) is 0 Å². The summed E-state index contributed by atoms with van der Waals surface area (Å²) in [5.41, 5.74) is 23.3. The molecule has 1 fully saturated rings. The van der Waals surface area contributed by atoms with Crippen LogP contribution in [0.5, 0.6) is 0 Å². The lowest BCUT2D eigenvalue weighted by molar-refractivity contribution is -0.149. The first-order valence-electron chi connectivity index (χ1n) is 45.1. The Morgan fingerprint density at radius 2 is 0.849 bits per heavy atom. The molecule has 0 radical (unpaired) electrons. The number of amides is 18. The van der Waals surface area contributed by atoms with Gasteiger partial charge in [0.05, 0.1) is 44.6 Å². The number of unbranched alkanes of at least 4 members (excludes halogenated alkanes) is 1. The van der Waals surface area contributed by atoms with Gasteiger partial charge in [0.15, 0.2) is 5.96 Å². The van der Waals surface area contributed by atoms with Crippen LogP contribution in [0.3, 0.4) is 0 Å². The van der Waals surface area contributed by atoms with Gasteiger partial charge >= 0.3 is 23.9 Å². The van der Waals surface area contributed by atoms with E-state index in [9.17, 15) is 136 Å². The van der Waals surface area contributed by atoms with Gasteiger partial charge in [-0.3, -0.25) is 106 Å². The molecule has 1 aromatic heterocycles. The highest BCUT2D eigenvalue weighted by Gasteiger charge is 2.43. The number of hydrogen-bond acceptors (Lipinski definition) is 29. The minimum absolute atomic E-state index is 0.0401. The summed E-state index contributed by atoms with van der Waals surface area (Å²) in [5.74, 6) is -29.9. The van der Waals surface area contributed by atoms with Crippen molar-refractivity contribution in [2.75, 3.05) is 44.2 Å². The number of aliphatic carboxylic acids is 4. The number of thiol groups is 2. The summed E-state index contributed by atoms with van der Waals surface area (Å²) in [6, 6.07) is -19.9. The zero-order chi connectivity index (χ0) is 105. The van der Waals surface area contributed by atoms with E-state index in [1.54, 1.807) is 52.0 Å². The molecule has 1 aliphatic heterocycles. The SMILES string of the molecule is CC(C)C[C@H](NC(=O)[C@H](CC(C)C)NC(=O)[C@@H](NC(=O)[C@@H](NC(=O)[C@H](CC(N)=O)NC(=O)CNC(=O)[C@H](CCCNC(=N)N)NC(=O)[C@H](CC(=O)O)NC(=O)[C@H](Cc1c[nH]c2ccccc12)NC(=O)[C@@H](NC(=O)[C@H](CCCCN)NC(=O)[C@H](CCC(=O)O)NC(=O)CNC(=O)[C@@H](N)[C@@H](C)O)C(C)C)C(C)C)[C@@H](C)O)C(=O)N[C@@H](CS)C(=O)N[C@@H](CC(=O)O)C(=O)N[C@@H](CS)C(=O)N1CCC[C@H]1C(=O)O. The Morgan fingerprint density at radius 1 is 0.446 bits per heavy atom. The second-order valence-corrected chi connectivity index (χ2v) is 35.7. The molecule has 52 nitrogen and oxygen atoms in total. The van der Waals surface area contributed by atoms with Crippen molar-refractivity contribution in [2.45, 2.75) is 274 Å². The Bertz CT molecular complexity index is 4650. The van der Waals surface area contributed by atoms with Crippen molar-refractivity contribution in [3.8, 4) is 0 Å². The number of primary amides is 1. The first-order chi connectivity index (χ1) is 65.1. The first kappa shape index (κ1) is 120. The number of aliphatic hydroxyl groups is 2. The van der Waals surface area contributed by atoms with Gasteiger partial charge in [-0.2, -0.15) is 25.3 Å². The zero-order valence-electron chi connectivity index (χ0n) is 79.0. The molecule has 0 aliphatic carbocycles. The van der Waals surface area contributed by atoms with E-state index in [1.807, 2.05) is 0 Å². The molecule has 1 aromatic carbocycles. The Balaban J connectivity index is 1.90. The standard InChI is InChI=1S/C85H136N24O28S2/c1-38(2)27-50(73(125)104-56(36-138)78(130)101-55(32-64(119)120)76(128)105-57(37-139)83(135)109-26-16-21-58(109)84(136)137)99-72(124)51(28-39(3)4)102-82(134)68(43(10)111)108-81(133)67(41(7)8)107-77(129)53(30-59(87)112)96-61(114)34-93-69(121)47(20-15-25-91-85(89)90)97-75(127)54(31-63(117)118)100-74(126)52(29-44-33-92-46-18-12-11-17-45(44)46)103-80(132)66(40(5)6)106-71(123)48(19-13-14-24-86)98-70(122)49(22-23-62(115)116)95-60(113)35-94-79(131)65(88)42(9)110/h11-12,17-18,33,38-43,47-58,65-68,92,110-111,138-139H,13-16,19-32,34-37,86,88H2,1-10H3,(H2,87,112)(H,93,121)(H,94,131)(H,95,113)(H,96,114)(H,97,127)(H,98,122)(H,99,124)(H,100,126)(H,101,130)(H,102,134)(H,103,132)(H,104,125)(H,105,128)(H,106,123)(H,107,129)(H,108,133)(H,115,116)(H,117,118)(H,119,120)(H,136,137)(H4,89,90,91)/t42-,43-,47+,48+,49+,50+,51+,52+,53+,54+,55+,56+,57+,58+,65+,66+,67+,68+/m1/s1. The molecule has 1 aliphatic rings. The Hall–Kier alpha value is -13.1. The second-order valence-electron chi connectivity index (χ2n) is 35.0. The predicted octanol–water partition coefficient (Wildman–Crippen LogP) is -8.76. The predicted molar refractivity (Wildman–Crippen MR) is 502 cm³/mol. The minimum atomic E-state index is -2.11. The average Bonchev–Trinajstić information content (AvgIpc) is 1.69. The number of nitrogens with zero attached hydrogens (tertiary/aromatic N) is 1. The molecule has 0 spiro atoms. The van der Waals surface area contributed by atoms with Crippen LogP contribution >= 0.6 is 25.3 Å². The van der Waals surface area contributed by atoms with Crippen LogP contribution in [0.1, 0.15) is 165 Å². The summed E-state index contributed by atoms with van der Waals surface area (Å²) in [6.45, 7) is 13.0. The third-order valence-electron chi connectivity index (χ3n) is 21.6. The zero-order valence-corrected chi connectivity index (χ0v) is 80.7. The molecular weight excluding hydrogens is 1870 g/mol. The van der Waals surface area contributed by atoms with Crippen LogP contribution in [-0.2, 0) is 112 Å². The molecule has 18 amide bonds. The second kappa shape index (κ2) is 59.9. The number of nitrogens with one attached hydrogen (secondary N) is 19. The number of hydrogen-bond donors (Lipinski definition) is 31. The molecule has 0 saturated carbocycles. The van der Waals surface area contributed by atoms with Gasteiger partial charge in [-0.25, -0.2) is 4.79 Å². The largest absolute Gasteiger partial charge is 0.481 e. The van der Waals surface area contributed by atoms with E-state index < -0.39 is 327 Å². The first-order valence-corrected chi connectivity index (χ1v) is 46.3. The number of carboxylic acids is 4. The van der Waals surface area contributed by atoms with E-state index in [4.69, 9.17) is 28.3 Å². The number of likely N-dealkylation sites (tertiary alicyclic amines) is 1. The number of nitrogens with two attached hydrogens (primary N) is 4. The fourth-order valence-electron chi connectivity index (χ4n) is 14.2. The molecule has 0 bridgehead atoms. The maximum absolute atomic E-state index is 14.9. The van der Waals surface area contributed by atoms with Gasteiger partial charge in [0.25, 0.3) is 0 Å². The van der Waals surface area contributed by atoms with Crippen molar-refractivity contribution >= 4 is 172 Å². The molecule has 33 N–H and O–H groups in total. The molecule has 3 rings (SSSR count). The molecule has 1 saturated heterocycles. The number of benzene rings is 1. The van der Waals surface area contributed by atoms with E-state index in [0.29, 0.717) is 29.3 Å². The van der Waals surface area contributed by atoms with Crippen molar-refractivity contribution < 1.29 is 136 Å². The number of H-pyrrole nitrogens is 1. The van der Waals surface area contributed by atoms with Crippen LogP contribution in [0.2, 0.25) is 0 Å². The summed E-state index contributed by atoms with van der Waals surface area (Å²) in [7, 11) is 0. The van der Waals surface area contributed by atoms with Gasteiger partial charge in [0, 0.05) is 54.5 Å². The lowest BCUT2D eigenvalue weighted by Crippen LogP contribution is -2.62. The summed E-state index contributed by atoms with van der Waals surface area (Å²) in [6.07, 6.45) is -6.40. The summed E-state index contributed by atoms with van der Waals surface area (Å²) < 4.78 is 0. The third kappa shape index (κ3) is 42.0. The molecule has 18 atom stereocenters. The number of fused-ring (bicyclic) bond motifs is 1. The van der Waals surface area contributed by atoms with Gasteiger partial charge in [-0.15, -0.1) is 0 Å². The van der Waals surface area contributed by atoms with Crippen LogP contribution in [0.25, 0.3) is 10.9 Å². The van der Waals surface area contributed by atoms with Gasteiger partial charge in [0.2, 0.25) is 106 Å². The van der Waals surface area contributed by atoms with E-state index in [1.165, 1.54) is 40.8 Å². The van der Waals surface area contributed by atoms with Crippen molar-refractivity contribution in [1.82, 2.24) is 100 Å². The number of carboxylic acid groups (broad SMARTS) is 4. The molecular formula is C85H136N24O28S2. The van der Waals surface area contributed by atoms with Gasteiger partial charge < -0.3 is 154 Å². The van der Waals surface area contributed by atoms with Crippen molar-refractivity contribution in [1.29, 1.82) is 5.41 Å². The van der Waals surface area contributed by atoms with Crippen LogP contribution in [0.15, 0.2) is 30.5 Å². The normalized spacial score (nSPS) is 16.0. The van der Waals surface area contributed by atoms with E-state index in [0.717, 1.165) is 11.8 Å².